The SMILES string of the molecule is CCCCOc1cc(CC(CN)N(CC)CC)cc(S(N)(=O)=O)c1Cc1ccccc1. The second-order valence-corrected chi connectivity index (χ2v) is 9.32. The summed E-state index contributed by atoms with van der Waals surface area (Å²) in [6.07, 6.45) is 2.96. The molecule has 0 saturated heterocycles. The minimum Gasteiger partial charge on any atom is -0.493 e. The molecule has 172 valence electrons. The molecular formula is C24H37N3O3S. The maximum atomic E-state index is 12.6. The molecule has 0 aliphatic carbocycles. The van der Waals surface area contributed by atoms with Gasteiger partial charge in [-0.05, 0) is 49.2 Å². The van der Waals surface area contributed by atoms with E-state index >= 15 is 0 Å². The van der Waals surface area contributed by atoms with Gasteiger partial charge in [0, 0.05) is 24.6 Å². The number of nitrogens with zero attached hydrogens (tertiary/aromatic N) is 1. The van der Waals surface area contributed by atoms with Crippen LogP contribution in [0.3, 0.4) is 0 Å². The van der Waals surface area contributed by atoms with E-state index < -0.39 is 10.0 Å². The van der Waals surface area contributed by atoms with E-state index in [0.717, 1.165) is 37.1 Å². The Kier molecular flexibility index (Phi) is 9.96. The fourth-order valence-corrected chi connectivity index (χ4v) is 4.68. The third kappa shape index (κ3) is 7.31. The number of nitrogens with two attached hydrogens (primary N) is 2. The number of ether oxygens (including phenoxy) is 1. The third-order valence-corrected chi connectivity index (χ3v) is 6.56. The zero-order valence-corrected chi connectivity index (χ0v) is 19.8. The summed E-state index contributed by atoms with van der Waals surface area (Å²) in [6.45, 7) is 9.08. The second kappa shape index (κ2) is 12.2. The molecule has 0 fully saturated rings. The Bertz CT molecular complexity index is 913. The molecule has 1 atom stereocenters. The zero-order chi connectivity index (χ0) is 22.9. The quantitative estimate of drug-likeness (QED) is 0.459. The van der Waals surface area contributed by atoms with E-state index in [1.54, 1.807) is 6.07 Å². The summed E-state index contributed by atoms with van der Waals surface area (Å²) in [5.41, 5.74) is 8.53. The molecule has 0 saturated carbocycles. The van der Waals surface area contributed by atoms with Gasteiger partial charge in [0.15, 0.2) is 0 Å². The summed E-state index contributed by atoms with van der Waals surface area (Å²) in [5.74, 6) is 0.592. The second-order valence-electron chi connectivity index (χ2n) is 7.79. The van der Waals surface area contributed by atoms with Crippen LogP contribution in [0.2, 0.25) is 0 Å². The van der Waals surface area contributed by atoms with Crippen LogP contribution in [0.4, 0.5) is 0 Å². The van der Waals surface area contributed by atoms with E-state index in [1.165, 1.54) is 0 Å². The van der Waals surface area contributed by atoms with E-state index in [2.05, 4.69) is 25.7 Å². The first-order valence-electron chi connectivity index (χ1n) is 11.1. The largest absolute Gasteiger partial charge is 0.493 e. The molecule has 2 aromatic carbocycles. The molecule has 7 heteroatoms. The highest BCUT2D eigenvalue weighted by Crippen LogP contribution is 2.31. The lowest BCUT2D eigenvalue weighted by Gasteiger charge is -2.29. The van der Waals surface area contributed by atoms with Gasteiger partial charge in [0.1, 0.15) is 5.75 Å². The van der Waals surface area contributed by atoms with Gasteiger partial charge in [-0.25, -0.2) is 13.6 Å². The van der Waals surface area contributed by atoms with Crippen LogP contribution in [0, 0.1) is 0 Å². The van der Waals surface area contributed by atoms with Crippen LogP contribution in [0.5, 0.6) is 5.75 Å². The molecule has 0 heterocycles. The number of sulfonamides is 1. The van der Waals surface area contributed by atoms with Gasteiger partial charge >= 0.3 is 0 Å². The van der Waals surface area contributed by atoms with Gasteiger partial charge in [0.25, 0.3) is 0 Å². The van der Waals surface area contributed by atoms with Crippen LogP contribution in [0.1, 0.15) is 50.3 Å². The molecule has 0 aliphatic rings. The number of likely N-dealkylation sites (N-methyl/N-ethyl adjacent to an activating group) is 1. The highest BCUT2D eigenvalue weighted by molar-refractivity contribution is 7.89. The lowest BCUT2D eigenvalue weighted by Crippen LogP contribution is -2.42. The highest BCUT2D eigenvalue weighted by Gasteiger charge is 2.23. The molecule has 2 rings (SSSR count). The fraction of sp³-hybridized carbons (Fsp3) is 0.500. The van der Waals surface area contributed by atoms with Crippen molar-refractivity contribution in [3.05, 3.63) is 59.2 Å². The predicted molar refractivity (Wildman–Crippen MR) is 127 cm³/mol. The smallest absolute Gasteiger partial charge is 0.238 e. The molecule has 0 aliphatic heterocycles. The molecule has 4 N–H and O–H groups in total. The average Bonchev–Trinajstić information content (AvgIpc) is 2.75. The monoisotopic (exact) mass is 447 g/mol. The molecule has 0 amide bonds. The van der Waals surface area contributed by atoms with E-state index in [9.17, 15) is 8.42 Å². The van der Waals surface area contributed by atoms with Gasteiger partial charge in [-0.2, -0.15) is 0 Å². The first-order chi connectivity index (χ1) is 14.8. The van der Waals surface area contributed by atoms with Gasteiger partial charge in [0.2, 0.25) is 10.0 Å². The number of hydrogen-bond acceptors (Lipinski definition) is 5. The van der Waals surface area contributed by atoms with Gasteiger partial charge in [-0.15, -0.1) is 0 Å². The Hall–Kier alpha value is -1.93. The Morgan fingerprint density at radius 1 is 1.03 bits per heavy atom. The van der Waals surface area contributed by atoms with Crippen LogP contribution < -0.4 is 15.6 Å². The number of unbranched alkanes of at least 4 members (excludes halogenated alkanes) is 1. The minimum absolute atomic E-state index is 0.117. The Morgan fingerprint density at radius 2 is 1.71 bits per heavy atom. The summed E-state index contributed by atoms with van der Waals surface area (Å²) in [7, 11) is -3.93. The normalized spacial score (nSPS) is 12.8. The molecule has 0 aromatic heterocycles. The van der Waals surface area contributed by atoms with Crippen molar-refractivity contribution in [2.24, 2.45) is 10.9 Å². The first kappa shape index (κ1) is 25.3. The topological polar surface area (TPSA) is 98.7 Å². The summed E-state index contributed by atoms with van der Waals surface area (Å²) in [4.78, 5) is 2.42. The van der Waals surface area contributed by atoms with Crippen LogP contribution in [0.15, 0.2) is 47.4 Å². The summed E-state index contributed by atoms with van der Waals surface area (Å²) < 4.78 is 31.2. The van der Waals surface area contributed by atoms with E-state index in [0.29, 0.717) is 37.3 Å². The maximum absolute atomic E-state index is 12.6. The van der Waals surface area contributed by atoms with Crippen molar-refractivity contribution in [3.8, 4) is 5.75 Å². The molecule has 6 nitrogen and oxygen atoms in total. The Balaban J connectivity index is 2.54. The standard InChI is InChI=1S/C24H37N3O3S/c1-4-7-13-30-23-16-20(14-21(18-25)27(5-2)6-3)17-24(31(26,28)29)22(23)15-19-11-9-8-10-12-19/h8-12,16-17,21H,4-7,13-15,18,25H2,1-3H3,(H2,26,28,29). The van der Waals surface area contributed by atoms with E-state index in [-0.39, 0.29) is 10.9 Å². The highest BCUT2D eigenvalue weighted by atomic mass is 32.2. The molecule has 0 spiro atoms. The van der Waals surface area contributed by atoms with Crippen LogP contribution in [-0.4, -0.2) is 45.6 Å². The number of hydrogen-bond donors (Lipinski definition) is 2. The van der Waals surface area contributed by atoms with Crippen molar-refractivity contribution in [1.29, 1.82) is 0 Å². The number of benzene rings is 2. The zero-order valence-electron chi connectivity index (χ0n) is 19.0. The summed E-state index contributed by atoms with van der Waals surface area (Å²) >= 11 is 0. The third-order valence-electron chi connectivity index (χ3n) is 5.59. The molecule has 2 aromatic rings. The van der Waals surface area contributed by atoms with Crippen LogP contribution in [-0.2, 0) is 22.9 Å². The van der Waals surface area contributed by atoms with Gasteiger partial charge in [-0.1, -0.05) is 57.5 Å². The molecular weight excluding hydrogens is 410 g/mol. The average molecular weight is 448 g/mol. The van der Waals surface area contributed by atoms with Gasteiger partial charge < -0.3 is 10.5 Å². The van der Waals surface area contributed by atoms with Crippen molar-refractivity contribution in [2.45, 2.75) is 57.4 Å². The van der Waals surface area contributed by atoms with Crippen LogP contribution in [0.25, 0.3) is 0 Å². The summed E-state index contributed by atoms with van der Waals surface area (Å²) in [6, 6.07) is 13.5. The summed E-state index contributed by atoms with van der Waals surface area (Å²) in [5, 5.41) is 5.66. The fourth-order valence-electron chi connectivity index (χ4n) is 3.85. The van der Waals surface area contributed by atoms with Crippen molar-refractivity contribution >= 4 is 10.0 Å². The predicted octanol–water partition coefficient (Wildman–Crippen LogP) is 3.32. The number of primary sulfonamides is 1. The van der Waals surface area contributed by atoms with E-state index in [4.69, 9.17) is 15.6 Å². The first-order valence-corrected chi connectivity index (χ1v) is 12.7. The van der Waals surface area contributed by atoms with Crippen molar-refractivity contribution in [3.63, 3.8) is 0 Å². The van der Waals surface area contributed by atoms with Gasteiger partial charge in [-0.3, -0.25) is 4.90 Å². The molecule has 0 bridgehead atoms. The lowest BCUT2D eigenvalue weighted by molar-refractivity contribution is 0.220. The van der Waals surface area contributed by atoms with Crippen LogP contribution >= 0.6 is 0 Å². The molecule has 0 radical (unpaired) electrons. The Labute approximate surface area is 187 Å². The van der Waals surface area contributed by atoms with Crippen molar-refractivity contribution < 1.29 is 13.2 Å². The van der Waals surface area contributed by atoms with E-state index in [1.807, 2.05) is 36.4 Å². The molecule has 31 heavy (non-hydrogen) atoms. The lowest BCUT2D eigenvalue weighted by atomic mass is 9.98. The molecule has 1 unspecified atom stereocenters. The minimum atomic E-state index is -3.93. The van der Waals surface area contributed by atoms with Gasteiger partial charge in [0.05, 0.1) is 11.5 Å². The van der Waals surface area contributed by atoms with Crippen molar-refractivity contribution in [1.82, 2.24) is 4.90 Å². The number of rotatable bonds is 13. The maximum Gasteiger partial charge on any atom is 0.238 e. The Morgan fingerprint density at radius 3 is 2.26 bits per heavy atom. The van der Waals surface area contributed by atoms with Crippen molar-refractivity contribution in [2.75, 3.05) is 26.2 Å².